The number of amides is 1. The van der Waals surface area contributed by atoms with Gasteiger partial charge >= 0.3 is 5.69 Å². The number of piperidine rings is 1. The number of carbonyl (C=O) groups is 1. The Morgan fingerprint density at radius 1 is 1.29 bits per heavy atom. The number of hydrogen-bond donors (Lipinski definition) is 1. The average molecular weight is 501 g/mol. The van der Waals surface area contributed by atoms with Gasteiger partial charge in [0.05, 0.1) is 18.5 Å². The van der Waals surface area contributed by atoms with Gasteiger partial charge in [-0.25, -0.2) is 4.79 Å². The van der Waals surface area contributed by atoms with Crippen LogP contribution in [0.3, 0.4) is 0 Å². The topological polar surface area (TPSA) is 121 Å². The molecule has 1 N–H and O–H groups in total. The Kier molecular flexibility index (Phi) is 7.37. The van der Waals surface area contributed by atoms with Crippen molar-refractivity contribution in [2.24, 2.45) is 14.1 Å². The van der Waals surface area contributed by atoms with E-state index in [-0.39, 0.29) is 30.1 Å². The Morgan fingerprint density at radius 2 is 2.06 bits per heavy atom. The zero-order valence-electron chi connectivity index (χ0n) is 20.7. The SMILES string of the molecule is CC(C)=CCn1c(N2CCCC(NCC(=O)N3CSCC3C#N)C2)nc2c1c(=O)n(C)c(=O)n2C. The normalized spacial score (nSPS) is 20.3. The summed E-state index contributed by atoms with van der Waals surface area (Å²) in [5.41, 5.74) is 1.12. The van der Waals surface area contributed by atoms with Crippen LogP contribution in [-0.4, -0.2) is 72.8 Å². The van der Waals surface area contributed by atoms with E-state index in [0.29, 0.717) is 41.8 Å². The fraction of sp³-hybridized carbons (Fsp3) is 0.609. The van der Waals surface area contributed by atoms with Gasteiger partial charge < -0.3 is 19.7 Å². The van der Waals surface area contributed by atoms with E-state index in [2.05, 4.69) is 16.3 Å². The predicted molar refractivity (Wildman–Crippen MR) is 136 cm³/mol. The highest BCUT2D eigenvalue weighted by Crippen LogP contribution is 2.24. The van der Waals surface area contributed by atoms with Crippen LogP contribution in [0.15, 0.2) is 21.2 Å². The van der Waals surface area contributed by atoms with Crippen molar-refractivity contribution in [3.8, 4) is 6.07 Å². The summed E-state index contributed by atoms with van der Waals surface area (Å²) >= 11 is 1.60. The van der Waals surface area contributed by atoms with Crippen molar-refractivity contribution in [3.05, 3.63) is 32.5 Å². The molecule has 2 saturated heterocycles. The number of nitriles is 1. The van der Waals surface area contributed by atoms with E-state index >= 15 is 0 Å². The molecule has 2 aromatic rings. The van der Waals surface area contributed by atoms with Crippen molar-refractivity contribution in [2.45, 2.75) is 45.3 Å². The predicted octanol–water partition coefficient (Wildman–Crippen LogP) is 0.383. The van der Waals surface area contributed by atoms with Crippen LogP contribution >= 0.6 is 11.8 Å². The lowest BCUT2D eigenvalue weighted by Gasteiger charge is -2.34. The van der Waals surface area contributed by atoms with E-state index in [0.717, 1.165) is 29.5 Å². The maximum atomic E-state index is 13.1. The number of aryl methyl sites for hydroxylation is 1. The number of nitrogens with one attached hydrogen (secondary N) is 1. The Labute approximate surface area is 208 Å². The molecule has 4 heterocycles. The molecule has 0 radical (unpaired) electrons. The number of anilines is 1. The zero-order valence-corrected chi connectivity index (χ0v) is 21.5. The zero-order chi connectivity index (χ0) is 25.3. The minimum absolute atomic E-state index is 0.0619. The first-order chi connectivity index (χ1) is 16.7. The van der Waals surface area contributed by atoms with Crippen LogP contribution in [0.25, 0.3) is 11.2 Å². The van der Waals surface area contributed by atoms with Crippen molar-refractivity contribution in [1.29, 1.82) is 5.26 Å². The van der Waals surface area contributed by atoms with Gasteiger partial charge in [0.2, 0.25) is 11.9 Å². The lowest BCUT2D eigenvalue weighted by Crippen LogP contribution is -2.50. The molecule has 35 heavy (non-hydrogen) atoms. The van der Waals surface area contributed by atoms with E-state index < -0.39 is 5.69 Å². The summed E-state index contributed by atoms with van der Waals surface area (Å²) in [5, 5.41) is 12.6. The second kappa shape index (κ2) is 10.3. The van der Waals surface area contributed by atoms with Crippen molar-refractivity contribution in [2.75, 3.05) is 36.2 Å². The van der Waals surface area contributed by atoms with E-state index in [1.54, 1.807) is 23.7 Å². The van der Waals surface area contributed by atoms with Crippen LogP contribution in [0, 0.1) is 11.3 Å². The van der Waals surface area contributed by atoms with Crippen LogP contribution in [-0.2, 0) is 25.4 Å². The molecule has 2 atom stereocenters. The molecule has 2 aromatic heterocycles. The molecule has 0 bridgehead atoms. The second-order valence-electron chi connectivity index (χ2n) is 9.36. The van der Waals surface area contributed by atoms with E-state index in [4.69, 9.17) is 4.98 Å². The summed E-state index contributed by atoms with van der Waals surface area (Å²) in [5.74, 6) is 1.79. The molecule has 0 spiro atoms. The third-order valence-electron chi connectivity index (χ3n) is 6.61. The molecule has 0 saturated carbocycles. The van der Waals surface area contributed by atoms with Gasteiger partial charge in [0.15, 0.2) is 11.2 Å². The molecule has 2 unspecified atom stereocenters. The standard InChI is InChI=1S/C23H32N8O3S/c1-15(2)7-9-30-19-20(27(3)23(34)28(4)21(19)33)26-22(30)29-8-5-6-16(12-29)25-11-18(32)31-14-35-13-17(31)10-24/h7,16-17,25H,5-6,8-9,11-14H2,1-4H3. The van der Waals surface area contributed by atoms with Crippen LogP contribution < -0.4 is 21.5 Å². The lowest BCUT2D eigenvalue weighted by atomic mass is 10.1. The fourth-order valence-electron chi connectivity index (χ4n) is 4.58. The third-order valence-corrected chi connectivity index (χ3v) is 7.62. The molecule has 2 aliphatic heterocycles. The first-order valence-corrected chi connectivity index (χ1v) is 12.9. The van der Waals surface area contributed by atoms with Gasteiger partial charge in [-0.3, -0.25) is 18.7 Å². The molecule has 2 fully saturated rings. The monoisotopic (exact) mass is 500 g/mol. The Morgan fingerprint density at radius 3 is 2.77 bits per heavy atom. The first-order valence-electron chi connectivity index (χ1n) is 11.8. The number of imidazole rings is 1. The molecule has 4 rings (SSSR count). The number of aromatic nitrogens is 4. The molecule has 188 valence electrons. The lowest BCUT2D eigenvalue weighted by molar-refractivity contribution is -0.129. The largest absolute Gasteiger partial charge is 0.341 e. The quantitative estimate of drug-likeness (QED) is 0.565. The highest BCUT2D eigenvalue weighted by molar-refractivity contribution is 7.99. The molecular weight excluding hydrogens is 468 g/mol. The number of rotatable bonds is 6. The van der Waals surface area contributed by atoms with Gasteiger partial charge in [0, 0.05) is 45.5 Å². The Bertz CT molecular complexity index is 1310. The highest BCUT2D eigenvalue weighted by atomic mass is 32.2. The number of carbonyl (C=O) groups excluding carboxylic acids is 1. The maximum Gasteiger partial charge on any atom is 0.332 e. The summed E-state index contributed by atoms with van der Waals surface area (Å²) in [7, 11) is 3.11. The molecule has 1 amide bonds. The first kappa shape index (κ1) is 25.1. The number of thioether (sulfide) groups is 1. The highest BCUT2D eigenvalue weighted by Gasteiger charge is 2.30. The Hall–Kier alpha value is -3.04. The molecule has 2 aliphatic rings. The van der Waals surface area contributed by atoms with E-state index in [1.807, 2.05) is 24.5 Å². The average Bonchev–Trinajstić information content (AvgIpc) is 3.48. The fourth-order valence-corrected chi connectivity index (χ4v) is 5.68. The van der Waals surface area contributed by atoms with Crippen LogP contribution in [0.4, 0.5) is 5.95 Å². The van der Waals surface area contributed by atoms with Gasteiger partial charge in [-0.05, 0) is 26.7 Å². The summed E-state index contributed by atoms with van der Waals surface area (Å²) < 4.78 is 4.41. The molecule has 0 aliphatic carbocycles. The van der Waals surface area contributed by atoms with Gasteiger partial charge in [0.25, 0.3) is 5.56 Å². The van der Waals surface area contributed by atoms with E-state index in [9.17, 15) is 19.6 Å². The van der Waals surface area contributed by atoms with Crippen molar-refractivity contribution in [1.82, 2.24) is 28.9 Å². The number of nitrogens with zero attached hydrogens (tertiary/aromatic N) is 7. The summed E-state index contributed by atoms with van der Waals surface area (Å²) in [6.07, 6.45) is 3.84. The summed E-state index contributed by atoms with van der Waals surface area (Å²) in [4.78, 5) is 46.7. The molecule has 11 nitrogen and oxygen atoms in total. The van der Waals surface area contributed by atoms with Crippen molar-refractivity contribution < 1.29 is 4.79 Å². The summed E-state index contributed by atoms with van der Waals surface area (Å²) in [6.45, 7) is 6.03. The van der Waals surface area contributed by atoms with Gasteiger partial charge in [0.1, 0.15) is 6.04 Å². The van der Waals surface area contributed by atoms with Gasteiger partial charge in [-0.1, -0.05) is 11.6 Å². The van der Waals surface area contributed by atoms with Gasteiger partial charge in [-0.2, -0.15) is 10.2 Å². The minimum atomic E-state index is -0.409. The number of fused-ring (bicyclic) bond motifs is 1. The van der Waals surface area contributed by atoms with Gasteiger partial charge in [-0.15, -0.1) is 11.8 Å². The maximum absolute atomic E-state index is 13.1. The molecule has 0 aromatic carbocycles. The summed E-state index contributed by atoms with van der Waals surface area (Å²) in [6, 6.07) is 1.90. The van der Waals surface area contributed by atoms with Crippen LogP contribution in [0.5, 0.6) is 0 Å². The smallest absolute Gasteiger partial charge is 0.332 e. The molecule has 12 heteroatoms. The second-order valence-corrected chi connectivity index (χ2v) is 10.4. The number of allylic oxidation sites excluding steroid dienone is 2. The van der Waals surface area contributed by atoms with Crippen molar-refractivity contribution >= 4 is 34.8 Å². The minimum Gasteiger partial charge on any atom is -0.341 e. The molecular formula is C23H32N8O3S. The Balaban J connectivity index is 1.59. The van der Waals surface area contributed by atoms with E-state index in [1.165, 1.54) is 11.6 Å². The van der Waals surface area contributed by atoms with Crippen LogP contribution in [0.1, 0.15) is 26.7 Å². The van der Waals surface area contributed by atoms with Crippen molar-refractivity contribution in [3.63, 3.8) is 0 Å². The number of hydrogen-bond acceptors (Lipinski definition) is 8. The van der Waals surface area contributed by atoms with Crippen LogP contribution in [0.2, 0.25) is 0 Å². The third kappa shape index (κ3) is 4.88.